The molecule has 1 aromatic heterocycles. The average Bonchev–Trinajstić information content (AvgIpc) is 2.58. The van der Waals surface area contributed by atoms with Crippen LogP contribution in [-0.4, -0.2) is 26.8 Å². The number of carboxylic acid groups (broad SMARTS) is 1. The Morgan fingerprint density at radius 3 is 2.61 bits per heavy atom. The van der Waals surface area contributed by atoms with Crippen molar-refractivity contribution in [1.82, 2.24) is 15.1 Å². The van der Waals surface area contributed by atoms with Crippen molar-refractivity contribution in [3.8, 4) is 0 Å². The molecular weight excluding hydrogens is 234 g/mol. The number of carboxylic acids is 1. The van der Waals surface area contributed by atoms with Crippen LogP contribution in [0.1, 0.15) is 32.3 Å². The minimum absolute atomic E-state index is 0.0205. The number of nitrogens with zero attached hydrogens (tertiary/aromatic N) is 2. The maximum Gasteiger partial charge on any atom is 0.303 e. The summed E-state index contributed by atoms with van der Waals surface area (Å²) in [4.78, 5) is 22.3. The highest BCUT2D eigenvalue weighted by molar-refractivity contribution is 5.77. The van der Waals surface area contributed by atoms with Crippen molar-refractivity contribution in [1.29, 1.82) is 0 Å². The van der Waals surface area contributed by atoms with Gasteiger partial charge in [-0.25, -0.2) is 0 Å². The van der Waals surface area contributed by atoms with Crippen molar-refractivity contribution in [3.05, 3.63) is 18.0 Å². The molecule has 1 amide bonds. The number of carbonyl (C=O) groups is 2. The first-order valence-corrected chi connectivity index (χ1v) is 5.74. The van der Waals surface area contributed by atoms with Crippen molar-refractivity contribution in [2.45, 2.75) is 33.2 Å². The topological polar surface area (TPSA) is 84.2 Å². The molecule has 100 valence electrons. The molecule has 0 aliphatic rings. The third kappa shape index (κ3) is 4.99. The Hall–Kier alpha value is -1.85. The van der Waals surface area contributed by atoms with E-state index in [1.165, 1.54) is 0 Å². The van der Waals surface area contributed by atoms with E-state index in [1.54, 1.807) is 31.8 Å². The Morgan fingerprint density at radius 2 is 2.11 bits per heavy atom. The number of nitrogens with one attached hydrogen (secondary N) is 1. The van der Waals surface area contributed by atoms with E-state index in [4.69, 9.17) is 5.11 Å². The fraction of sp³-hybridized carbons (Fsp3) is 0.583. The van der Waals surface area contributed by atoms with Gasteiger partial charge in [0.15, 0.2) is 0 Å². The highest BCUT2D eigenvalue weighted by Crippen LogP contribution is 2.24. The van der Waals surface area contributed by atoms with Crippen LogP contribution in [0.3, 0.4) is 0 Å². The van der Waals surface area contributed by atoms with Gasteiger partial charge in [-0.3, -0.25) is 14.3 Å². The van der Waals surface area contributed by atoms with E-state index in [-0.39, 0.29) is 18.7 Å². The number of hydrogen-bond donors (Lipinski definition) is 2. The zero-order valence-electron chi connectivity index (χ0n) is 10.9. The molecule has 0 saturated heterocycles. The van der Waals surface area contributed by atoms with Gasteiger partial charge >= 0.3 is 5.97 Å². The Labute approximate surface area is 106 Å². The highest BCUT2D eigenvalue weighted by atomic mass is 16.4. The van der Waals surface area contributed by atoms with Gasteiger partial charge in [0.05, 0.1) is 12.6 Å². The van der Waals surface area contributed by atoms with Crippen molar-refractivity contribution >= 4 is 11.9 Å². The normalized spacial score (nSPS) is 11.3. The van der Waals surface area contributed by atoms with Crippen LogP contribution in [0.5, 0.6) is 0 Å². The van der Waals surface area contributed by atoms with Gasteiger partial charge in [0.1, 0.15) is 0 Å². The molecule has 0 spiro atoms. The zero-order valence-corrected chi connectivity index (χ0v) is 10.9. The lowest BCUT2D eigenvalue weighted by molar-refractivity contribution is -0.139. The minimum Gasteiger partial charge on any atom is -0.481 e. The van der Waals surface area contributed by atoms with Gasteiger partial charge in [0, 0.05) is 31.8 Å². The quantitative estimate of drug-likeness (QED) is 0.789. The lowest BCUT2D eigenvalue weighted by Crippen LogP contribution is -2.29. The molecule has 0 aromatic carbocycles. The third-order valence-electron chi connectivity index (χ3n) is 2.52. The van der Waals surface area contributed by atoms with Gasteiger partial charge < -0.3 is 10.4 Å². The Balaban J connectivity index is 2.39. The molecule has 2 N–H and O–H groups in total. The molecule has 0 aliphatic carbocycles. The molecule has 1 rings (SSSR count). The second-order valence-electron chi connectivity index (χ2n) is 5.21. The Bertz CT molecular complexity index is 438. The van der Waals surface area contributed by atoms with Crippen LogP contribution in [0.4, 0.5) is 0 Å². The van der Waals surface area contributed by atoms with E-state index in [0.717, 1.165) is 5.56 Å². The summed E-state index contributed by atoms with van der Waals surface area (Å²) in [7, 11) is 1.81. The highest BCUT2D eigenvalue weighted by Gasteiger charge is 2.24. The molecule has 1 heterocycles. The van der Waals surface area contributed by atoms with Crippen molar-refractivity contribution in [3.63, 3.8) is 0 Å². The fourth-order valence-corrected chi connectivity index (χ4v) is 1.73. The van der Waals surface area contributed by atoms with Crippen molar-refractivity contribution in [2.24, 2.45) is 12.5 Å². The second-order valence-corrected chi connectivity index (χ2v) is 5.21. The molecule has 0 unspecified atom stereocenters. The number of hydrogen-bond acceptors (Lipinski definition) is 3. The van der Waals surface area contributed by atoms with Gasteiger partial charge in [-0.05, 0) is 5.41 Å². The van der Waals surface area contributed by atoms with Gasteiger partial charge in [0.2, 0.25) is 5.91 Å². The van der Waals surface area contributed by atoms with Crippen LogP contribution in [0, 0.1) is 5.41 Å². The fourth-order valence-electron chi connectivity index (χ4n) is 1.73. The molecule has 0 atom stereocenters. The number of aliphatic carboxylic acids is 1. The maximum atomic E-state index is 11.7. The second kappa shape index (κ2) is 5.66. The van der Waals surface area contributed by atoms with E-state index in [0.29, 0.717) is 6.54 Å². The maximum absolute atomic E-state index is 11.7. The average molecular weight is 253 g/mol. The first kappa shape index (κ1) is 14.2. The summed E-state index contributed by atoms with van der Waals surface area (Å²) < 4.78 is 1.66. The monoisotopic (exact) mass is 253 g/mol. The van der Waals surface area contributed by atoms with Crippen molar-refractivity contribution < 1.29 is 14.7 Å². The summed E-state index contributed by atoms with van der Waals surface area (Å²) in [5.74, 6) is -1.04. The molecule has 18 heavy (non-hydrogen) atoms. The predicted molar refractivity (Wildman–Crippen MR) is 65.7 cm³/mol. The number of carbonyl (C=O) groups excluding carboxylic acids is 1. The molecule has 6 heteroatoms. The van der Waals surface area contributed by atoms with Crippen LogP contribution in [0.25, 0.3) is 0 Å². The van der Waals surface area contributed by atoms with E-state index < -0.39 is 11.4 Å². The number of amides is 1. The summed E-state index contributed by atoms with van der Waals surface area (Å²) in [5.41, 5.74) is 0.382. The molecule has 0 saturated carbocycles. The van der Waals surface area contributed by atoms with E-state index >= 15 is 0 Å². The van der Waals surface area contributed by atoms with Crippen LogP contribution in [0.2, 0.25) is 0 Å². The molecular formula is C12H19N3O3. The van der Waals surface area contributed by atoms with E-state index in [1.807, 2.05) is 6.20 Å². The van der Waals surface area contributed by atoms with Crippen LogP contribution < -0.4 is 5.32 Å². The minimum atomic E-state index is -0.889. The number of rotatable bonds is 6. The van der Waals surface area contributed by atoms with Gasteiger partial charge in [-0.15, -0.1) is 0 Å². The van der Waals surface area contributed by atoms with Crippen molar-refractivity contribution in [2.75, 3.05) is 0 Å². The predicted octanol–water partition coefficient (Wildman–Crippen LogP) is 0.927. The van der Waals surface area contributed by atoms with E-state index in [9.17, 15) is 9.59 Å². The van der Waals surface area contributed by atoms with Crippen LogP contribution >= 0.6 is 0 Å². The summed E-state index contributed by atoms with van der Waals surface area (Å²) in [5, 5.41) is 15.5. The zero-order chi connectivity index (χ0) is 13.8. The lowest BCUT2D eigenvalue weighted by atomic mass is 9.85. The molecule has 6 nitrogen and oxygen atoms in total. The molecule has 0 aliphatic heterocycles. The summed E-state index contributed by atoms with van der Waals surface area (Å²) in [6.45, 7) is 3.95. The molecule has 1 aromatic rings. The van der Waals surface area contributed by atoms with Crippen LogP contribution in [-0.2, 0) is 23.2 Å². The first-order chi connectivity index (χ1) is 8.28. The summed E-state index contributed by atoms with van der Waals surface area (Å²) in [6.07, 6.45) is 3.68. The number of aromatic nitrogens is 2. The Kier molecular flexibility index (Phi) is 4.47. The standard InChI is InChI=1S/C12H19N3O3/c1-12(2,5-11(17)18)4-10(16)13-6-9-7-14-15(3)8-9/h7-8H,4-6H2,1-3H3,(H,13,16)(H,17,18). The van der Waals surface area contributed by atoms with Crippen LogP contribution in [0.15, 0.2) is 12.4 Å². The molecule has 0 bridgehead atoms. The summed E-state index contributed by atoms with van der Waals surface area (Å²) in [6, 6.07) is 0. The number of aryl methyl sites for hydroxylation is 1. The molecule has 0 radical (unpaired) electrons. The van der Waals surface area contributed by atoms with E-state index in [2.05, 4.69) is 10.4 Å². The lowest BCUT2D eigenvalue weighted by Gasteiger charge is -2.21. The smallest absolute Gasteiger partial charge is 0.303 e. The van der Waals surface area contributed by atoms with Gasteiger partial charge in [-0.2, -0.15) is 5.10 Å². The SMILES string of the molecule is Cn1cc(CNC(=O)CC(C)(C)CC(=O)O)cn1. The third-order valence-corrected chi connectivity index (χ3v) is 2.52. The Morgan fingerprint density at radius 1 is 1.44 bits per heavy atom. The molecule has 0 fully saturated rings. The largest absolute Gasteiger partial charge is 0.481 e. The van der Waals surface area contributed by atoms with Gasteiger partial charge in [-0.1, -0.05) is 13.8 Å². The van der Waals surface area contributed by atoms with Gasteiger partial charge in [0.25, 0.3) is 0 Å². The summed E-state index contributed by atoms with van der Waals surface area (Å²) >= 11 is 0. The first-order valence-electron chi connectivity index (χ1n) is 5.74.